The van der Waals surface area contributed by atoms with E-state index in [0.29, 0.717) is 17.0 Å². The van der Waals surface area contributed by atoms with Crippen LogP contribution in [0.1, 0.15) is 27.2 Å². The third-order valence-corrected chi connectivity index (χ3v) is 2.51. The molecule has 1 aromatic heterocycles. The van der Waals surface area contributed by atoms with Crippen molar-refractivity contribution >= 4 is 17.4 Å². The van der Waals surface area contributed by atoms with Crippen molar-refractivity contribution in [2.45, 2.75) is 33.2 Å². The molecule has 0 aromatic carbocycles. The molecular weight excluding hydrogens is 198 g/mol. The fourth-order valence-electron chi connectivity index (χ4n) is 1.33. The second-order valence-electron chi connectivity index (χ2n) is 3.62. The zero-order valence-corrected chi connectivity index (χ0v) is 9.54. The maximum absolute atomic E-state index is 5.94. The summed E-state index contributed by atoms with van der Waals surface area (Å²) in [6, 6.07) is 0.405. The Bertz CT molecular complexity index is 288. The van der Waals surface area contributed by atoms with Crippen molar-refractivity contribution in [1.29, 1.82) is 0 Å². The molecule has 1 heterocycles. The first-order chi connectivity index (χ1) is 6.65. The molecule has 1 atom stereocenters. The molecule has 1 rings (SSSR count). The Morgan fingerprint density at radius 3 is 2.71 bits per heavy atom. The first kappa shape index (κ1) is 11.2. The molecule has 3 nitrogen and oxygen atoms in total. The van der Waals surface area contributed by atoms with Crippen LogP contribution in [0.15, 0.2) is 12.5 Å². The normalized spacial score (nSPS) is 12.9. The van der Waals surface area contributed by atoms with E-state index in [1.165, 1.54) is 6.33 Å². The summed E-state index contributed by atoms with van der Waals surface area (Å²) in [5.74, 6) is 1.29. The average molecular weight is 214 g/mol. The van der Waals surface area contributed by atoms with Crippen molar-refractivity contribution < 1.29 is 0 Å². The van der Waals surface area contributed by atoms with E-state index in [-0.39, 0.29) is 0 Å². The lowest BCUT2D eigenvalue weighted by molar-refractivity contribution is 0.510. The largest absolute Gasteiger partial charge is 0.366 e. The average Bonchev–Trinajstić information content (AvgIpc) is 2.16. The Morgan fingerprint density at radius 1 is 1.50 bits per heavy atom. The fourth-order valence-corrected chi connectivity index (χ4v) is 1.49. The lowest BCUT2D eigenvalue weighted by Gasteiger charge is -2.21. The van der Waals surface area contributed by atoms with Gasteiger partial charge in [-0.15, -0.1) is 0 Å². The summed E-state index contributed by atoms with van der Waals surface area (Å²) >= 11 is 5.94. The molecule has 0 amide bonds. The number of hydrogen-bond acceptors (Lipinski definition) is 3. The van der Waals surface area contributed by atoms with Crippen LogP contribution in [0.4, 0.5) is 5.82 Å². The molecular formula is C10H16ClN3. The fraction of sp³-hybridized carbons (Fsp3) is 0.600. The van der Waals surface area contributed by atoms with E-state index in [1.807, 2.05) is 0 Å². The highest BCUT2D eigenvalue weighted by Crippen LogP contribution is 2.20. The Hall–Kier alpha value is -0.830. The predicted molar refractivity (Wildman–Crippen MR) is 59.6 cm³/mol. The standard InChI is InChI=1S/C10H16ClN3/c1-4-9(7(2)3)14-10-8(11)5-12-6-13-10/h5-7,9H,4H2,1-3H3,(H,12,13,14). The van der Waals surface area contributed by atoms with E-state index in [1.54, 1.807) is 6.20 Å². The highest BCUT2D eigenvalue weighted by Gasteiger charge is 2.12. The van der Waals surface area contributed by atoms with Gasteiger partial charge in [0.15, 0.2) is 0 Å². The number of nitrogens with zero attached hydrogens (tertiary/aromatic N) is 2. The zero-order valence-electron chi connectivity index (χ0n) is 8.79. The number of rotatable bonds is 4. The third-order valence-electron chi connectivity index (χ3n) is 2.23. The van der Waals surface area contributed by atoms with Gasteiger partial charge in [0.25, 0.3) is 0 Å². The van der Waals surface area contributed by atoms with Crippen LogP contribution in [0.25, 0.3) is 0 Å². The van der Waals surface area contributed by atoms with Gasteiger partial charge in [0.1, 0.15) is 17.2 Å². The maximum atomic E-state index is 5.94. The van der Waals surface area contributed by atoms with Crippen molar-refractivity contribution in [2.75, 3.05) is 5.32 Å². The summed E-state index contributed by atoms with van der Waals surface area (Å²) < 4.78 is 0. The minimum absolute atomic E-state index is 0.405. The zero-order chi connectivity index (χ0) is 10.6. The van der Waals surface area contributed by atoms with Gasteiger partial charge in [-0.1, -0.05) is 32.4 Å². The van der Waals surface area contributed by atoms with Crippen molar-refractivity contribution in [3.63, 3.8) is 0 Å². The van der Waals surface area contributed by atoms with Crippen molar-refractivity contribution in [1.82, 2.24) is 9.97 Å². The van der Waals surface area contributed by atoms with E-state index < -0.39 is 0 Å². The number of hydrogen-bond donors (Lipinski definition) is 1. The van der Waals surface area contributed by atoms with Gasteiger partial charge >= 0.3 is 0 Å². The van der Waals surface area contributed by atoms with Crippen LogP contribution in [-0.2, 0) is 0 Å². The number of aromatic nitrogens is 2. The van der Waals surface area contributed by atoms with Crippen LogP contribution >= 0.6 is 11.6 Å². The summed E-state index contributed by atoms with van der Waals surface area (Å²) in [6.45, 7) is 6.50. The van der Waals surface area contributed by atoms with E-state index in [2.05, 4.69) is 36.1 Å². The molecule has 0 bridgehead atoms. The van der Waals surface area contributed by atoms with Crippen LogP contribution in [0.2, 0.25) is 5.02 Å². The molecule has 0 saturated carbocycles. The third kappa shape index (κ3) is 2.84. The SMILES string of the molecule is CCC(Nc1ncncc1Cl)C(C)C. The molecule has 1 unspecified atom stereocenters. The van der Waals surface area contributed by atoms with E-state index in [9.17, 15) is 0 Å². The molecule has 0 fully saturated rings. The molecule has 0 saturated heterocycles. The second-order valence-corrected chi connectivity index (χ2v) is 4.03. The summed E-state index contributed by atoms with van der Waals surface area (Å²) in [7, 11) is 0. The smallest absolute Gasteiger partial charge is 0.148 e. The number of nitrogens with one attached hydrogen (secondary N) is 1. The van der Waals surface area contributed by atoms with Gasteiger partial charge in [-0.2, -0.15) is 0 Å². The molecule has 0 aliphatic heterocycles. The van der Waals surface area contributed by atoms with Crippen LogP contribution in [0.3, 0.4) is 0 Å². The van der Waals surface area contributed by atoms with Gasteiger partial charge in [-0.3, -0.25) is 0 Å². The van der Waals surface area contributed by atoms with Crippen LogP contribution in [-0.4, -0.2) is 16.0 Å². The Morgan fingerprint density at radius 2 is 2.21 bits per heavy atom. The lowest BCUT2D eigenvalue weighted by Crippen LogP contribution is -2.25. The minimum Gasteiger partial charge on any atom is -0.366 e. The molecule has 1 N–H and O–H groups in total. The van der Waals surface area contributed by atoms with E-state index in [0.717, 1.165) is 12.2 Å². The van der Waals surface area contributed by atoms with Crippen molar-refractivity contribution in [3.8, 4) is 0 Å². The Kier molecular flexibility index (Phi) is 4.14. The molecule has 1 aromatic rings. The van der Waals surface area contributed by atoms with Gasteiger partial charge in [0.05, 0.1) is 6.20 Å². The minimum atomic E-state index is 0.405. The first-order valence-corrected chi connectivity index (χ1v) is 5.25. The molecule has 14 heavy (non-hydrogen) atoms. The van der Waals surface area contributed by atoms with Gasteiger partial charge in [0, 0.05) is 6.04 Å². The molecule has 0 radical (unpaired) electrons. The topological polar surface area (TPSA) is 37.8 Å². The van der Waals surface area contributed by atoms with Crippen LogP contribution < -0.4 is 5.32 Å². The highest BCUT2D eigenvalue weighted by molar-refractivity contribution is 6.32. The first-order valence-electron chi connectivity index (χ1n) is 4.87. The summed E-state index contributed by atoms with van der Waals surface area (Å²) in [5.41, 5.74) is 0. The van der Waals surface area contributed by atoms with Crippen molar-refractivity contribution in [2.24, 2.45) is 5.92 Å². The quantitative estimate of drug-likeness (QED) is 0.836. The van der Waals surface area contributed by atoms with Crippen LogP contribution in [0.5, 0.6) is 0 Å². The van der Waals surface area contributed by atoms with Gasteiger partial charge in [-0.25, -0.2) is 9.97 Å². The maximum Gasteiger partial charge on any atom is 0.148 e. The highest BCUT2D eigenvalue weighted by atomic mass is 35.5. The van der Waals surface area contributed by atoms with Gasteiger partial charge < -0.3 is 5.32 Å². The molecule has 4 heteroatoms. The van der Waals surface area contributed by atoms with Gasteiger partial charge in [-0.05, 0) is 12.3 Å². The number of anilines is 1. The summed E-state index contributed by atoms with van der Waals surface area (Å²) in [5, 5.41) is 3.89. The monoisotopic (exact) mass is 213 g/mol. The van der Waals surface area contributed by atoms with Gasteiger partial charge in [0.2, 0.25) is 0 Å². The molecule has 78 valence electrons. The lowest BCUT2D eigenvalue weighted by atomic mass is 10.0. The molecule has 0 spiro atoms. The molecule has 0 aliphatic rings. The summed E-state index contributed by atoms with van der Waals surface area (Å²) in [6.07, 6.45) is 4.16. The summed E-state index contributed by atoms with van der Waals surface area (Å²) in [4.78, 5) is 7.93. The Balaban J connectivity index is 2.72. The van der Waals surface area contributed by atoms with Crippen molar-refractivity contribution in [3.05, 3.63) is 17.5 Å². The number of halogens is 1. The Labute approximate surface area is 89.9 Å². The second kappa shape index (κ2) is 5.15. The van der Waals surface area contributed by atoms with E-state index >= 15 is 0 Å². The predicted octanol–water partition coefficient (Wildman–Crippen LogP) is 2.98. The van der Waals surface area contributed by atoms with Crippen LogP contribution in [0, 0.1) is 5.92 Å². The van der Waals surface area contributed by atoms with E-state index in [4.69, 9.17) is 11.6 Å². The molecule has 0 aliphatic carbocycles.